The van der Waals surface area contributed by atoms with Crippen LogP contribution < -0.4 is 0 Å². The summed E-state index contributed by atoms with van der Waals surface area (Å²) in [6.07, 6.45) is 3.22. The highest BCUT2D eigenvalue weighted by Crippen LogP contribution is 2.29. The molecule has 6 nitrogen and oxygen atoms in total. The lowest BCUT2D eigenvalue weighted by Gasteiger charge is -2.45. The smallest absolute Gasteiger partial charge is 0.254 e. The number of ether oxygens (including phenoxy) is 1. The van der Waals surface area contributed by atoms with Crippen LogP contribution in [-0.4, -0.2) is 46.4 Å². The number of amides is 1. The molecular formula is C14H15N3O3. The molecule has 0 radical (unpaired) electrons. The number of rotatable bonds is 1. The number of benzene rings is 1. The molecule has 6 heteroatoms. The SMILES string of the molecule is O=C(c1ccc2nonc2c1)N1C2CCCC1COC2. The number of nitrogens with zero attached hydrogens (tertiary/aromatic N) is 3. The minimum absolute atomic E-state index is 0.0629. The lowest BCUT2D eigenvalue weighted by atomic mass is 9.93. The zero-order valence-electron chi connectivity index (χ0n) is 11.0. The predicted molar refractivity (Wildman–Crippen MR) is 70.2 cm³/mol. The summed E-state index contributed by atoms with van der Waals surface area (Å²) in [5.74, 6) is 0.0629. The fourth-order valence-corrected chi connectivity index (χ4v) is 3.23. The molecule has 0 aliphatic carbocycles. The van der Waals surface area contributed by atoms with E-state index < -0.39 is 0 Å². The summed E-state index contributed by atoms with van der Waals surface area (Å²) in [4.78, 5) is 14.8. The molecule has 2 aromatic rings. The molecule has 4 rings (SSSR count). The van der Waals surface area contributed by atoms with Gasteiger partial charge in [-0.2, -0.15) is 0 Å². The third-order valence-electron chi connectivity index (χ3n) is 4.22. The third kappa shape index (κ3) is 1.79. The van der Waals surface area contributed by atoms with Crippen LogP contribution in [0, 0.1) is 0 Å². The van der Waals surface area contributed by atoms with E-state index in [0.29, 0.717) is 29.8 Å². The molecule has 0 spiro atoms. The molecule has 0 N–H and O–H groups in total. The van der Waals surface area contributed by atoms with E-state index in [9.17, 15) is 4.79 Å². The Hall–Kier alpha value is -1.95. The van der Waals surface area contributed by atoms with E-state index in [-0.39, 0.29) is 18.0 Å². The molecule has 2 bridgehead atoms. The molecule has 3 heterocycles. The third-order valence-corrected chi connectivity index (χ3v) is 4.22. The first kappa shape index (κ1) is 11.8. The Bertz CT molecular complexity index is 632. The van der Waals surface area contributed by atoms with Crippen LogP contribution in [0.25, 0.3) is 11.0 Å². The van der Waals surface area contributed by atoms with Crippen molar-refractivity contribution in [1.29, 1.82) is 0 Å². The Morgan fingerprint density at radius 1 is 1.15 bits per heavy atom. The predicted octanol–water partition coefficient (Wildman–Crippen LogP) is 1.62. The van der Waals surface area contributed by atoms with Gasteiger partial charge in [0.15, 0.2) is 0 Å². The van der Waals surface area contributed by atoms with Crippen LogP contribution in [0.15, 0.2) is 22.8 Å². The molecule has 2 unspecified atom stereocenters. The van der Waals surface area contributed by atoms with E-state index in [2.05, 4.69) is 14.9 Å². The average Bonchev–Trinajstić information content (AvgIpc) is 2.93. The van der Waals surface area contributed by atoms with Gasteiger partial charge in [-0.25, -0.2) is 4.63 Å². The Morgan fingerprint density at radius 3 is 2.70 bits per heavy atom. The summed E-state index contributed by atoms with van der Waals surface area (Å²) >= 11 is 0. The van der Waals surface area contributed by atoms with Crippen molar-refractivity contribution in [3.63, 3.8) is 0 Å². The molecule has 2 atom stereocenters. The van der Waals surface area contributed by atoms with Crippen molar-refractivity contribution < 1.29 is 14.2 Å². The fourth-order valence-electron chi connectivity index (χ4n) is 3.23. The van der Waals surface area contributed by atoms with Gasteiger partial charge >= 0.3 is 0 Å². The van der Waals surface area contributed by atoms with E-state index in [1.807, 2.05) is 4.90 Å². The molecule has 2 fully saturated rings. The van der Waals surface area contributed by atoms with E-state index >= 15 is 0 Å². The summed E-state index contributed by atoms with van der Waals surface area (Å²) in [5, 5.41) is 7.56. The van der Waals surface area contributed by atoms with Gasteiger partial charge in [-0.1, -0.05) is 0 Å². The average molecular weight is 273 g/mol. The second kappa shape index (κ2) is 4.56. The lowest BCUT2D eigenvalue weighted by molar-refractivity contribution is -0.0565. The van der Waals surface area contributed by atoms with Gasteiger partial charge in [0.1, 0.15) is 11.0 Å². The van der Waals surface area contributed by atoms with E-state index in [0.717, 1.165) is 12.8 Å². The molecule has 1 amide bonds. The maximum Gasteiger partial charge on any atom is 0.254 e. The molecular weight excluding hydrogens is 258 g/mol. The van der Waals surface area contributed by atoms with Crippen LogP contribution >= 0.6 is 0 Å². The topological polar surface area (TPSA) is 68.5 Å². The quantitative estimate of drug-likeness (QED) is 0.789. The first-order chi connectivity index (χ1) is 9.83. The van der Waals surface area contributed by atoms with E-state index in [4.69, 9.17) is 4.74 Å². The number of hydrogen-bond donors (Lipinski definition) is 0. The molecule has 1 aromatic carbocycles. The van der Waals surface area contributed by atoms with Gasteiger partial charge in [-0.15, -0.1) is 0 Å². The minimum Gasteiger partial charge on any atom is -0.377 e. The Balaban J connectivity index is 1.68. The normalized spacial score (nSPS) is 25.9. The first-order valence-corrected chi connectivity index (χ1v) is 6.95. The largest absolute Gasteiger partial charge is 0.377 e. The van der Waals surface area contributed by atoms with Gasteiger partial charge in [0.2, 0.25) is 0 Å². The monoisotopic (exact) mass is 273 g/mol. The summed E-state index contributed by atoms with van der Waals surface area (Å²) < 4.78 is 10.3. The number of carbonyl (C=O) groups excluding carboxylic acids is 1. The van der Waals surface area contributed by atoms with Gasteiger partial charge < -0.3 is 9.64 Å². The highest BCUT2D eigenvalue weighted by molar-refractivity contribution is 5.97. The summed E-state index contributed by atoms with van der Waals surface area (Å²) in [5.41, 5.74) is 1.94. The summed E-state index contributed by atoms with van der Waals surface area (Å²) in [6, 6.07) is 5.73. The van der Waals surface area contributed by atoms with Crippen molar-refractivity contribution in [1.82, 2.24) is 15.2 Å². The van der Waals surface area contributed by atoms with Crippen LogP contribution in [0.1, 0.15) is 29.6 Å². The van der Waals surface area contributed by atoms with Crippen molar-refractivity contribution in [2.45, 2.75) is 31.3 Å². The van der Waals surface area contributed by atoms with Gasteiger partial charge in [0.25, 0.3) is 5.91 Å². The number of hydrogen-bond acceptors (Lipinski definition) is 5. The van der Waals surface area contributed by atoms with Crippen LogP contribution in [0.4, 0.5) is 0 Å². The number of aromatic nitrogens is 2. The minimum atomic E-state index is 0.0629. The highest BCUT2D eigenvalue weighted by Gasteiger charge is 2.38. The molecule has 0 saturated carbocycles. The molecule has 20 heavy (non-hydrogen) atoms. The van der Waals surface area contributed by atoms with E-state index in [1.54, 1.807) is 18.2 Å². The van der Waals surface area contributed by atoms with Crippen LogP contribution in [-0.2, 0) is 4.74 Å². The highest BCUT2D eigenvalue weighted by atomic mass is 16.6. The van der Waals surface area contributed by atoms with Crippen molar-refractivity contribution in [2.75, 3.05) is 13.2 Å². The zero-order valence-corrected chi connectivity index (χ0v) is 11.0. The van der Waals surface area contributed by atoms with Gasteiger partial charge in [0.05, 0.1) is 25.3 Å². The van der Waals surface area contributed by atoms with Crippen molar-refractivity contribution in [3.8, 4) is 0 Å². The number of morpholine rings is 1. The Morgan fingerprint density at radius 2 is 1.90 bits per heavy atom. The maximum atomic E-state index is 12.8. The van der Waals surface area contributed by atoms with E-state index in [1.165, 1.54) is 6.42 Å². The van der Waals surface area contributed by atoms with Gasteiger partial charge in [-0.3, -0.25) is 4.79 Å². The summed E-state index contributed by atoms with van der Waals surface area (Å²) in [7, 11) is 0. The Labute approximate surface area is 115 Å². The fraction of sp³-hybridized carbons (Fsp3) is 0.500. The van der Waals surface area contributed by atoms with Crippen molar-refractivity contribution in [3.05, 3.63) is 23.8 Å². The number of fused-ring (bicyclic) bond motifs is 3. The van der Waals surface area contributed by atoms with Crippen LogP contribution in [0.3, 0.4) is 0 Å². The first-order valence-electron chi connectivity index (χ1n) is 6.95. The molecule has 2 saturated heterocycles. The standard InChI is InChI=1S/C14H15N3O3/c18-14(9-4-5-12-13(6-9)16-20-15-12)17-10-2-1-3-11(17)8-19-7-10/h4-6,10-11H,1-3,7-8H2. The molecule has 104 valence electrons. The molecule has 1 aromatic heterocycles. The zero-order chi connectivity index (χ0) is 13.5. The summed E-state index contributed by atoms with van der Waals surface area (Å²) in [6.45, 7) is 1.30. The number of carbonyl (C=O) groups is 1. The van der Waals surface area contributed by atoms with Crippen LogP contribution in [0.5, 0.6) is 0 Å². The van der Waals surface area contributed by atoms with Crippen LogP contribution in [0.2, 0.25) is 0 Å². The van der Waals surface area contributed by atoms with Crippen molar-refractivity contribution >= 4 is 16.9 Å². The maximum absolute atomic E-state index is 12.8. The Kier molecular flexibility index (Phi) is 2.70. The number of piperidine rings is 1. The second-order valence-corrected chi connectivity index (χ2v) is 5.46. The van der Waals surface area contributed by atoms with Crippen molar-refractivity contribution in [2.24, 2.45) is 0 Å². The van der Waals surface area contributed by atoms with Gasteiger partial charge in [0, 0.05) is 5.56 Å². The molecule has 2 aliphatic rings. The lowest BCUT2D eigenvalue weighted by Crippen LogP contribution is -2.57. The van der Waals surface area contributed by atoms with Gasteiger partial charge in [-0.05, 0) is 47.8 Å². The second-order valence-electron chi connectivity index (χ2n) is 5.46. The molecule has 2 aliphatic heterocycles.